The molecule has 0 saturated heterocycles. The Morgan fingerprint density at radius 3 is 2.71 bits per heavy atom. The van der Waals surface area contributed by atoms with E-state index in [2.05, 4.69) is 31.2 Å². The number of carbonyl (C=O) groups is 2. The summed E-state index contributed by atoms with van der Waals surface area (Å²) in [5.74, 6) is -0.884. The molecular formula is C18H16BrClN2O6. The smallest absolute Gasteiger partial charge is 0.343 e. The number of methoxy groups -OCH3 is 2. The van der Waals surface area contributed by atoms with Gasteiger partial charge in [-0.15, -0.1) is 0 Å². The Morgan fingerprint density at radius 2 is 2.04 bits per heavy atom. The second kappa shape index (κ2) is 9.95. The average molecular weight is 472 g/mol. The topological polar surface area (TPSA) is 106 Å². The van der Waals surface area contributed by atoms with Gasteiger partial charge < -0.3 is 19.3 Å². The molecule has 0 heterocycles. The number of nitrogens with one attached hydrogen (secondary N) is 1. The number of nitrogens with zero attached hydrogens (tertiary/aromatic N) is 1. The lowest BCUT2D eigenvalue weighted by Crippen LogP contribution is -2.17. The first-order chi connectivity index (χ1) is 13.3. The Labute approximate surface area is 174 Å². The first kappa shape index (κ1) is 21.5. The van der Waals surface area contributed by atoms with E-state index in [4.69, 9.17) is 21.1 Å². The molecule has 0 unspecified atom stereocenters. The Kier molecular flexibility index (Phi) is 7.65. The van der Waals surface area contributed by atoms with Crippen LogP contribution in [0.3, 0.4) is 0 Å². The quantitative estimate of drug-likeness (QED) is 0.365. The van der Waals surface area contributed by atoms with Crippen LogP contribution < -0.4 is 14.9 Å². The van der Waals surface area contributed by atoms with Crippen molar-refractivity contribution in [2.24, 2.45) is 5.10 Å². The third kappa shape index (κ3) is 5.61. The third-order valence-corrected chi connectivity index (χ3v) is 4.17. The minimum absolute atomic E-state index is 0.0636. The first-order valence-corrected chi connectivity index (χ1v) is 8.92. The van der Waals surface area contributed by atoms with Crippen molar-refractivity contribution in [3.63, 3.8) is 0 Å². The van der Waals surface area contributed by atoms with E-state index < -0.39 is 11.9 Å². The molecule has 0 aromatic heterocycles. The van der Waals surface area contributed by atoms with E-state index >= 15 is 0 Å². The van der Waals surface area contributed by atoms with E-state index in [1.165, 1.54) is 38.6 Å². The molecule has 2 N–H and O–H groups in total. The maximum atomic E-state index is 12.1. The molecule has 0 bridgehead atoms. The zero-order chi connectivity index (χ0) is 20.7. The minimum Gasteiger partial charge on any atom is -0.507 e. The van der Waals surface area contributed by atoms with Crippen molar-refractivity contribution in [2.45, 2.75) is 0 Å². The highest BCUT2D eigenvalue weighted by atomic mass is 79.9. The van der Waals surface area contributed by atoms with E-state index in [-0.39, 0.29) is 34.4 Å². The van der Waals surface area contributed by atoms with Crippen molar-refractivity contribution >= 4 is 45.6 Å². The number of rotatable bonds is 7. The molecule has 0 aliphatic rings. The van der Waals surface area contributed by atoms with E-state index in [1.807, 2.05) is 0 Å². The standard InChI is InChI=1S/C18H16BrClN2O6/c1-26-15-6-10(5-13(20)17(15)28-9-16(24)27-2)8-21-22-18(25)12-7-11(19)3-4-14(12)23/h3-8,23H,9H2,1-2H3,(H,22,25)/b21-8+. The fourth-order valence-corrected chi connectivity index (χ4v) is 2.69. The fraction of sp³-hybridized carbons (Fsp3) is 0.167. The monoisotopic (exact) mass is 470 g/mol. The highest BCUT2D eigenvalue weighted by Crippen LogP contribution is 2.36. The van der Waals surface area contributed by atoms with Gasteiger partial charge in [-0.05, 0) is 35.9 Å². The summed E-state index contributed by atoms with van der Waals surface area (Å²) in [6.45, 7) is -0.327. The van der Waals surface area contributed by atoms with Crippen LogP contribution in [-0.4, -0.2) is 44.0 Å². The van der Waals surface area contributed by atoms with Gasteiger partial charge >= 0.3 is 5.97 Å². The van der Waals surface area contributed by atoms with Crippen LogP contribution in [0.5, 0.6) is 17.2 Å². The number of halogens is 2. The Hall–Kier alpha value is -2.78. The molecule has 28 heavy (non-hydrogen) atoms. The number of phenols is 1. The molecule has 1 amide bonds. The summed E-state index contributed by atoms with van der Waals surface area (Å²) in [5.41, 5.74) is 2.88. The molecule has 0 saturated carbocycles. The molecule has 8 nitrogen and oxygen atoms in total. The number of hydrazone groups is 1. The number of carbonyl (C=O) groups excluding carboxylic acids is 2. The number of amides is 1. The van der Waals surface area contributed by atoms with Gasteiger partial charge in [0.2, 0.25) is 0 Å². The van der Waals surface area contributed by atoms with Crippen LogP contribution in [-0.2, 0) is 9.53 Å². The summed E-state index contributed by atoms with van der Waals surface area (Å²) in [6.07, 6.45) is 1.34. The maximum absolute atomic E-state index is 12.1. The maximum Gasteiger partial charge on any atom is 0.343 e. The molecule has 0 fully saturated rings. The summed E-state index contributed by atoms with van der Waals surface area (Å²) in [6, 6.07) is 7.54. The van der Waals surface area contributed by atoms with Gasteiger partial charge in [-0.2, -0.15) is 5.10 Å². The molecule has 0 aliphatic heterocycles. The number of hydrogen-bond donors (Lipinski definition) is 2. The highest BCUT2D eigenvalue weighted by Gasteiger charge is 2.14. The predicted molar refractivity (Wildman–Crippen MR) is 106 cm³/mol. The lowest BCUT2D eigenvalue weighted by molar-refractivity contribution is -0.142. The van der Waals surface area contributed by atoms with Gasteiger partial charge in [0.15, 0.2) is 18.1 Å². The summed E-state index contributed by atoms with van der Waals surface area (Å²) in [7, 11) is 2.65. The van der Waals surface area contributed by atoms with E-state index in [0.29, 0.717) is 10.0 Å². The van der Waals surface area contributed by atoms with Crippen LogP contribution in [0, 0.1) is 0 Å². The van der Waals surface area contributed by atoms with Gasteiger partial charge in [-0.25, -0.2) is 10.2 Å². The van der Waals surface area contributed by atoms with Crippen molar-refractivity contribution in [1.82, 2.24) is 5.43 Å². The highest BCUT2D eigenvalue weighted by molar-refractivity contribution is 9.10. The molecule has 0 radical (unpaired) electrons. The number of phenolic OH excluding ortho intramolecular Hbond substituents is 1. The molecular weight excluding hydrogens is 456 g/mol. The number of benzene rings is 2. The minimum atomic E-state index is -0.592. The second-order valence-corrected chi connectivity index (χ2v) is 6.58. The zero-order valence-corrected chi connectivity index (χ0v) is 17.2. The number of ether oxygens (including phenoxy) is 3. The van der Waals surface area contributed by atoms with Crippen molar-refractivity contribution in [1.29, 1.82) is 0 Å². The third-order valence-electron chi connectivity index (χ3n) is 3.40. The predicted octanol–water partition coefficient (Wildman–Crippen LogP) is 3.13. The summed E-state index contributed by atoms with van der Waals surface area (Å²) < 4.78 is 15.7. The lowest BCUT2D eigenvalue weighted by Gasteiger charge is -2.12. The van der Waals surface area contributed by atoms with Gasteiger partial charge in [-0.1, -0.05) is 27.5 Å². The lowest BCUT2D eigenvalue weighted by atomic mass is 10.2. The Morgan fingerprint density at radius 1 is 1.29 bits per heavy atom. The zero-order valence-electron chi connectivity index (χ0n) is 14.9. The molecule has 2 aromatic rings. The number of esters is 1. The van der Waals surface area contributed by atoms with Crippen LogP contribution in [0.25, 0.3) is 0 Å². The van der Waals surface area contributed by atoms with E-state index in [1.54, 1.807) is 12.1 Å². The fourth-order valence-electron chi connectivity index (χ4n) is 2.06. The molecule has 0 atom stereocenters. The van der Waals surface area contributed by atoms with E-state index in [9.17, 15) is 14.7 Å². The molecule has 10 heteroatoms. The molecule has 2 rings (SSSR count). The van der Waals surface area contributed by atoms with Crippen LogP contribution in [0.4, 0.5) is 0 Å². The van der Waals surface area contributed by atoms with Gasteiger partial charge in [-0.3, -0.25) is 4.79 Å². The van der Waals surface area contributed by atoms with Crippen LogP contribution in [0.2, 0.25) is 5.02 Å². The first-order valence-electron chi connectivity index (χ1n) is 7.74. The van der Waals surface area contributed by atoms with Crippen LogP contribution >= 0.6 is 27.5 Å². The summed E-state index contributed by atoms with van der Waals surface area (Å²) in [5, 5.41) is 13.8. The van der Waals surface area contributed by atoms with Gasteiger partial charge in [0, 0.05) is 4.47 Å². The number of aromatic hydroxyl groups is 1. The van der Waals surface area contributed by atoms with E-state index in [0.717, 1.165) is 0 Å². The average Bonchev–Trinajstić information content (AvgIpc) is 2.68. The van der Waals surface area contributed by atoms with Crippen LogP contribution in [0.15, 0.2) is 39.9 Å². The second-order valence-electron chi connectivity index (χ2n) is 5.26. The van der Waals surface area contributed by atoms with Crippen molar-refractivity contribution in [2.75, 3.05) is 20.8 Å². The molecule has 2 aromatic carbocycles. The van der Waals surface area contributed by atoms with Gasteiger partial charge in [0.25, 0.3) is 5.91 Å². The SMILES string of the molecule is COC(=O)COc1c(Cl)cc(/C=N/NC(=O)c2cc(Br)ccc2O)cc1OC. The van der Waals surface area contributed by atoms with Crippen molar-refractivity contribution in [3.05, 3.63) is 51.0 Å². The summed E-state index contributed by atoms with van der Waals surface area (Å²) >= 11 is 9.40. The van der Waals surface area contributed by atoms with Crippen molar-refractivity contribution < 1.29 is 28.9 Å². The molecule has 148 valence electrons. The Bertz CT molecular complexity index is 919. The Balaban J connectivity index is 2.13. The largest absolute Gasteiger partial charge is 0.507 e. The normalized spacial score (nSPS) is 10.6. The van der Waals surface area contributed by atoms with Gasteiger partial charge in [0.05, 0.1) is 31.0 Å². The van der Waals surface area contributed by atoms with Gasteiger partial charge in [0.1, 0.15) is 5.75 Å². The summed E-state index contributed by atoms with van der Waals surface area (Å²) in [4.78, 5) is 23.3. The number of hydrogen-bond acceptors (Lipinski definition) is 7. The van der Waals surface area contributed by atoms with Crippen LogP contribution in [0.1, 0.15) is 15.9 Å². The molecule has 0 spiro atoms. The van der Waals surface area contributed by atoms with Crippen molar-refractivity contribution in [3.8, 4) is 17.2 Å². The molecule has 0 aliphatic carbocycles.